The van der Waals surface area contributed by atoms with Crippen molar-refractivity contribution in [3.63, 3.8) is 0 Å². The normalized spacial score (nSPS) is 13.8. The lowest BCUT2D eigenvalue weighted by Crippen LogP contribution is -2.58. The zero-order valence-corrected chi connectivity index (χ0v) is 74.2. The molecule has 37 N–H and O–H groups in total. The number of H-pyrrole nitrogens is 4. The van der Waals surface area contributed by atoms with Crippen LogP contribution in [0.5, 0.6) is 0 Å². The fourth-order valence-electron chi connectivity index (χ4n) is 15.6. The predicted octanol–water partition coefficient (Wildman–Crippen LogP) is -0.113. The molecule has 0 aliphatic rings. The summed E-state index contributed by atoms with van der Waals surface area (Å²) in [5.74, 6) is -12.4. The average Bonchev–Trinajstić information content (AvgIpc) is 1.69. The minimum atomic E-state index is -1.48. The smallest absolute Gasteiger partial charge is 0.326 e. The van der Waals surface area contributed by atoms with Crippen LogP contribution in [0.25, 0.3) is 43.6 Å². The number of guanidine groups is 4. The quantitative estimate of drug-likeness (QED) is 0.0134. The van der Waals surface area contributed by atoms with Crippen LogP contribution in [0, 0.1) is 21.6 Å². The number of hydrogen-bond acceptors (Lipinski definition) is 20. The predicted molar refractivity (Wildman–Crippen MR) is 501 cm³/mol. The van der Waals surface area contributed by atoms with Crippen molar-refractivity contribution in [2.45, 2.75) is 208 Å². The fraction of sp³-hybridized carbons (Fsp3) is 0.461. The molecular formula is C89H128N28O16. The second kappa shape index (κ2) is 54.3. The number of amides is 8. The van der Waals surface area contributed by atoms with Gasteiger partial charge in [-0.15, -0.1) is 0 Å². The van der Waals surface area contributed by atoms with E-state index in [1.54, 1.807) is 43.0 Å². The molecule has 44 nitrogen and oxygen atoms in total. The van der Waals surface area contributed by atoms with Crippen LogP contribution in [0.3, 0.4) is 0 Å². The SMILES string of the molecule is N=C(N)NCCC[C@H](NC(=O)[C@H](Cc1c[nH]c2ccccc12)NCCCC[C@H](N[C@@H](Cc1c[nH]c2ccccc12)C(=O)N[C@@H](CCCNC(=N)N)C(=O)O)C(=O)NCCCC[C@H](NC(=O)[C@H](CCCCN[C@@H](Cc1c[nH]c2ccccc12)C(=O)N[C@@H](CCCNC(=N)N)C(=O)O)N[C@@H](Cc1c[nH]c2ccccc12)C(=O)N[C@@H](CCCNC(=N)N)C(=O)O)C(=O)NCCC(N)=O)C(=O)O. The van der Waals surface area contributed by atoms with Crippen LogP contribution in [0.15, 0.2) is 122 Å². The number of aromatic nitrogens is 4. The molecule has 0 spiro atoms. The number of unbranched alkanes of at least 4 members (excludes halogenated alkanes) is 3. The topological polar surface area (TPSA) is 755 Å². The molecule has 0 saturated heterocycles. The van der Waals surface area contributed by atoms with Crippen LogP contribution >= 0.6 is 0 Å². The minimum Gasteiger partial charge on any atom is -0.480 e. The van der Waals surface area contributed by atoms with E-state index >= 15 is 9.59 Å². The van der Waals surface area contributed by atoms with E-state index in [0.717, 1.165) is 43.8 Å². The number of aliphatic carboxylic acids is 4. The number of fused-ring (bicyclic) bond motifs is 4. The second-order valence-electron chi connectivity index (χ2n) is 32.7. The minimum absolute atomic E-state index is 0.00546. The van der Waals surface area contributed by atoms with E-state index in [0.29, 0.717) is 28.5 Å². The third-order valence-electron chi connectivity index (χ3n) is 22.6. The van der Waals surface area contributed by atoms with Gasteiger partial charge in [-0.25, -0.2) is 19.2 Å². The highest BCUT2D eigenvalue weighted by Gasteiger charge is 2.36. The summed E-state index contributed by atoms with van der Waals surface area (Å²) in [6.07, 6.45) is 8.19. The summed E-state index contributed by atoms with van der Waals surface area (Å²) in [5.41, 5.74) is 33.2. The highest BCUT2D eigenvalue weighted by atomic mass is 16.4. The van der Waals surface area contributed by atoms with Crippen molar-refractivity contribution in [3.05, 3.63) is 144 Å². The van der Waals surface area contributed by atoms with E-state index in [-0.39, 0.29) is 211 Å². The summed E-state index contributed by atoms with van der Waals surface area (Å²) in [5, 5.41) is 118. The first-order valence-corrected chi connectivity index (χ1v) is 44.6. The van der Waals surface area contributed by atoms with Gasteiger partial charge in [-0.1, -0.05) is 85.6 Å². The Kier molecular flexibility index (Phi) is 42.4. The molecule has 0 aliphatic heterocycles. The van der Waals surface area contributed by atoms with Crippen LogP contribution in [-0.4, -0.2) is 254 Å². The van der Waals surface area contributed by atoms with Crippen molar-refractivity contribution in [1.82, 2.24) is 99.7 Å². The number of primary amides is 1. The maximum absolute atomic E-state index is 15.5. The number of nitrogens with two attached hydrogens (primary N) is 5. The summed E-state index contributed by atoms with van der Waals surface area (Å²) >= 11 is 0. The van der Waals surface area contributed by atoms with E-state index in [4.69, 9.17) is 50.3 Å². The molecule has 4 aromatic heterocycles. The largest absolute Gasteiger partial charge is 0.480 e. The van der Waals surface area contributed by atoms with E-state index in [1.165, 1.54) is 0 Å². The standard InChI is InChI=1S/C89H128N28O16/c90-74(118)34-42-102-76(120)64(113-77(121)65(112-73(46-54-50-110-62-26-8-4-22-58(54)62)81(125)117-69(85(132)133)33-18-41-106-89(97)98)29-10-13-36-100-71(44-52-48-108-60-24-6-2-20-56(52)60)79(123)115-67(83(128)129)31-16-39-104-87(93)94)28-11-14-37-101-75(119)63(111-72(45-53-49-109-61-25-7-3-21-57(53)61)80(124)116-68(84(130)131)32-17-40-105-88(95)96)27-9-12-35-99-70(43-51-47-107-59-23-5-1-19-55(51)59)78(122)114-66(82(126)127)30-15-38-103-86(91)92/h1-8,19-26,47-50,63-73,99-100,107-112H,9-18,27-46H2,(H2,90,118)(H,101,119)(H,102,120)(H,113,121)(H,114,122)(H,115,123)(H,116,124)(H,117,125)(H,126,127)(H,128,129)(H,130,131)(H,132,133)(H4,91,92,103)(H4,93,94,104)(H4,95,96,105)(H4,97,98,106)/t63-,64-,65-,66-,67-,68-,69-,70-,71-,72-,73-/m0/s1. The number of carboxylic acid groups (broad SMARTS) is 4. The summed E-state index contributed by atoms with van der Waals surface area (Å²) in [6, 6.07) is 15.1. The Hall–Kier alpha value is -14.4. The molecule has 133 heavy (non-hydrogen) atoms. The lowest BCUT2D eigenvalue weighted by molar-refractivity contribution is -0.142. The zero-order chi connectivity index (χ0) is 96.3. The second-order valence-corrected chi connectivity index (χ2v) is 32.7. The summed E-state index contributed by atoms with van der Waals surface area (Å²) in [4.78, 5) is 180. The number of hydrogen-bond donors (Lipinski definition) is 32. The highest BCUT2D eigenvalue weighted by molar-refractivity contribution is 5.95. The van der Waals surface area contributed by atoms with Gasteiger partial charge in [-0.2, -0.15) is 0 Å². The Morgan fingerprint density at radius 2 is 0.511 bits per heavy atom. The van der Waals surface area contributed by atoms with Gasteiger partial charge in [0.15, 0.2) is 23.8 Å². The van der Waals surface area contributed by atoms with Crippen LogP contribution in [0.4, 0.5) is 0 Å². The fourth-order valence-corrected chi connectivity index (χ4v) is 15.6. The Bertz CT molecular complexity index is 5260. The van der Waals surface area contributed by atoms with Crippen molar-refractivity contribution >= 4 is 139 Å². The third kappa shape index (κ3) is 35.1. The maximum atomic E-state index is 15.5. The first-order chi connectivity index (χ1) is 63.8. The van der Waals surface area contributed by atoms with Gasteiger partial charge >= 0.3 is 23.9 Å². The van der Waals surface area contributed by atoms with E-state index in [1.807, 2.05) is 78.9 Å². The number of carbonyl (C=O) groups is 12. The van der Waals surface area contributed by atoms with Crippen LogP contribution < -0.4 is 108 Å². The van der Waals surface area contributed by atoms with E-state index in [2.05, 4.69) is 99.7 Å². The van der Waals surface area contributed by atoms with Gasteiger partial charge in [0.05, 0.1) is 36.3 Å². The number of carbonyl (C=O) groups excluding carboxylic acids is 8. The molecule has 4 heterocycles. The van der Waals surface area contributed by atoms with Gasteiger partial charge in [-0.3, -0.25) is 70.6 Å². The van der Waals surface area contributed by atoms with Gasteiger partial charge in [0.25, 0.3) is 0 Å². The summed E-state index contributed by atoms with van der Waals surface area (Å²) in [6.45, 7) is 0.478. The number of para-hydroxylation sites is 4. The van der Waals surface area contributed by atoms with E-state index in [9.17, 15) is 68.4 Å². The number of nitrogens with one attached hydrogen (secondary N) is 23. The summed E-state index contributed by atoms with van der Waals surface area (Å²) in [7, 11) is 0. The van der Waals surface area contributed by atoms with Gasteiger partial charge in [0.1, 0.15) is 30.2 Å². The lowest BCUT2D eigenvalue weighted by atomic mass is 10.00. The monoisotopic (exact) mass is 1850 g/mol. The van der Waals surface area contributed by atoms with Crippen molar-refractivity contribution in [2.75, 3.05) is 52.4 Å². The molecule has 4 aromatic carbocycles. The molecule has 11 atom stereocenters. The van der Waals surface area contributed by atoms with Crippen LogP contribution in [-0.2, 0) is 83.2 Å². The van der Waals surface area contributed by atoms with Crippen LogP contribution in [0.2, 0.25) is 0 Å². The van der Waals surface area contributed by atoms with Crippen molar-refractivity contribution in [2.24, 2.45) is 28.7 Å². The summed E-state index contributed by atoms with van der Waals surface area (Å²) < 4.78 is 0. The molecule has 8 amide bonds. The first-order valence-electron chi connectivity index (χ1n) is 44.6. The Labute approximate surface area is 767 Å². The van der Waals surface area contributed by atoms with E-state index < -0.39 is 138 Å². The third-order valence-corrected chi connectivity index (χ3v) is 22.6. The Morgan fingerprint density at radius 1 is 0.271 bits per heavy atom. The van der Waals surface area contributed by atoms with Crippen molar-refractivity contribution < 1.29 is 78.0 Å². The zero-order valence-electron chi connectivity index (χ0n) is 74.2. The molecule has 44 heteroatoms. The van der Waals surface area contributed by atoms with Crippen molar-refractivity contribution in [1.29, 1.82) is 21.6 Å². The molecule has 0 bridgehead atoms. The number of carboxylic acids is 4. The van der Waals surface area contributed by atoms with Gasteiger partial charge in [0.2, 0.25) is 47.3 Å². The molecular weight excluding hydrogens is 1720 g/mol. The molecule has 720 valence electrons. The average molecular weight is 1850 g/mol. The molecule has 8 rings (SSSR count). The number of rotatable bonds is 64. The van der Waals surface area contributed by atoms with Gasteiger partial charge in [-0.05, 0) is 182 Å². The molecule has 0 unspecified atom stereocenters. The first kappa shape index (κ1) is 104. The molecule has 0 saturated carbocycles. The molecule has 0 radical (unpaired) electrons. The van der Waals surface area contributed by atoms with Gasteiger partial charge < -0.3 is 138 Å². The molecule has 8 aromatic rings. The van der Waals surface area contributed by atoms with Crippen molar-refractivity contribution in [3.8, 4) is 0 Å². The Morgan fingerprint density at radius 3 is 0.820 bits per heavy atom. The lowest BCUT2D eigenvalue weighted by Gasteiger charge is -2.28. The highest BCUT2D eigenvalue weighted by Crippen LogP contribution is 2.25. The maximum Gasteiger partial charge on any atom is 0.326 e. The number of benzene rings is 4. The molecule has 0 aliphatic carbocycles. The van der Waals surface area contributed by atoms with Crippen LogP contribution in [0.1, 0.15) is 138 Å². The number of aromatic amines is 4. The molecule has 0 fully saturated rings. The van der Waals surface area contributed by atoms with Gasteiger partial charge in [0, 0.05) is 114 Å². The Balaban J connectivity index is 1.06.